The van der Waals surface area contributed by atoms with Crippen molar-refractivity contribution in [2.24, 2.45) is 0 Å². The number of nitrogens with zero attached hydrogens (tertiary/aromatic N) is 1. The van der Waals surface area contributed by atoms with E-state index in [-0.39, 0.29) is 11.6 Å². The topological polar surface area (TPSA) is 109 Å². The number of para-hydroxylation sites is 1. The van der Waals surface area contributed by atoms with Gasteiger partial charge in [-0.25, -0.2) is 4.98 Å². The largest absolute Gasteiger partial charge is 0.496 e. The summed E-state index contributed by atoms with van der Waals surface area (Å²) in [6.45, 7) is 1.95. The number of benzene rings is 4. The highest BCUT2D eigenvalue weighted by atomic mass is 79.9. The molecule has 5 aromatic rings. The van der Waals surface area contributed by atoms with Crippen molar-refractivity contribution in [3.63, 3.8) is 0 Å². The fourth-order valence-electron chi connectivity index (χ4n) is 4.49. The molecule has 1 aromatic heterocycles. The van der Waals surface area contributed by atoms with Crippen LogP contribution in [0.1, 0.15) is 29.3 Å². The van der Waals surface area contributed by atoms with E-state index in [1.54, 1.807) is 67.8 Å². The molecule has 11 heteroatoms. The lowest BCUT2D eigenvalue weighted by Gasteiger charge is -2.15. The summed E-state index contributed by atoms with van der Waals surface area (Å²) in [7, 11) is 1.54. The molecule has 1 atom stereocenters. The lowest BCUT2D eigenvalue weighted by atomic mass is 10.1. The van der Waals surface area contributed by atoms with Crippen LogP contribution >= 0.6 is 39.0 Å². The molecule has 1 heterocycles. The van der Waals surface area contributed by atoms with Gasteiger partial charge in [-0.15, -0.1) is 23.1 Å². The Labute approximate surface area is 289 Å². The fourth-order valence-corrected chi connectivity index (χ4v) is 6.49. The maximum atomic E-state index is 13.6. The molecular weight excluding hydrogens is 696 g/mol. The third-order valence-corrected chi connectivity index (χ3v) is 9.52. The maximum Gasteiger partial charge on any atom is 0.272 e. The summed E-state index contributed by atoms with van der Waals surface area (Å²) < 4.78 is 6.43. The Morgan fingerprint density at radius 1 is 0.936 bits per heavy atom. The van der Waals surface area contributed by atoms with Crippen LogP contribution in [0.5, 0.6) is 5.75 Å². The van der Waals surface area contributed by atoms with Crippen molar-refractivity contribution in [1.29, 1.82) is 0 Å². The molecular formula is C36H31BrN4O4S2. The number of thioether (sulfide) groups is 1. The number of aromatic nitrogens is 1. The molecule has 0 radical (unpaired) electrons. The summed E-state index contributed by atoms with van der Waals surface area (Å²) in [6, 6.07) is 30.9. The second kappa shape index (κ2) is 16.2. The SMILES string of the molecule is CCC(Sc1cccc(NC(=O)/C(=C\c2ccccc2OC)NC(=O)c2ccccc2)c1)C(=O)Nc1nc(-c2ccc(Br)cc2)cs1. The predicted octanol–water partition coefficient (Wildman–Crippen LogP) is 8.50. The maximum absolute atomic E-state index is 13.6. The first-order chi connectivity index (χ1) is 22.8. The van der Waals surface area contributed by atoms with Gasteiger partial charge in [-0.3, -0.25) is 14.4 Å². The number of carbonyl (C=O) groups is 3. The lowest BCUT2D eigenvalue weighted by Crippen LogP contribution is -2.30. The summed E-state index contributed by atoms with van der Waals surface area (Å²) in [5.74, 6) is -0.546. The van der Waals surface area contributed by atoms with Gasteiger partial charge in [0.2, 0.25) is 5.91 Å². The van der Waals surface area contributed by atoms with Crippen molar-refractivity contribution in [1.82, 2.24) is 10.3 Å². The Balaban J connectivity index is 1.29. The Morgan fingerprint density at radius 3 is 2.43 bits per heavy atom. The number of methoxy groups -OCH3 is 1. The van der Waals surface area contributed by atoms with Gasteiger partial charge in [-0.2, -0.15) is 0 Å². The van der Waals surface area contributed by atoms with Gasteiger partial charge >= 0.3 is 0 Å². The van der Waals surface area contributed by atoms with Crippen molar-refractivity contribution < 1.29 is 19.1 Å². The number of nitrogens with one attached hydrogen (secondary N) is 3. The average Bonchev–Trinajstić information content (AvgIpc) is 3.56. The number of hydrogen-bond acceptors (Lipinski definition) is 7. The van der Waals surface area contributed by atoms with E-state index < -0.39 is 17.1 Å². The molecule has 3 N–H and O–H groups in total. The molecule has 238 valence electrons. The standard InChI is InChI=1S/C36H31BrN4O4S2/c1-3-32(35(44)41-36-40-30(22-46-36)23-16-18-26(37)19-17-23)47-28-14-9-13-27(21-28)38-34(43)29(20-25-12-7-8-15-31(25)45-2)39-33(42)24-10-5-4-6-11-24/h4-22,32H,3H2,1-2H3,(H,38,43)(H,39,42)(H,40,41,44)/b29-20+. The van der Waals surface area contributed by atoms with Crippen LogP contribution in [0.15, 0.2) is 124 Å². The summed E-state index contributed by atoms with van der Waals surface area (Å²) in [5, 5.41) is 10.6. The first-order valence-electron chi connectivity index (χ1n) is 14.6. The van der Waals surface area contributed by atoms with E-state index in [0.29, 0.717) is 34.1 Å². The molecule has 5 rings (SSSR count). The Hall–Kier alpha value is -4.71. The number of halogens is 1. The van der Waals surface area contributed by atoms with E-state index in [9.17, 15) is 14.4 Å². The van der Waals surface area contributed by atoms with E-state index >= 15 is 0 Å². The molecule has 0 saturated heterocycles. The third-order valence-electron chi connectivity index (χ3n) is 6.88. The van der Waals surface area contributed by atoms with E-state index in [4.69, 9.17) is 4.74 Å². The van der Waals surface area contributed by atoms with Crippen LogP contribution in [-0.4, -0.2) is 35.1 Å². The van der Waals surface area contributed by atoms with Crippen LogP contribution < -0.4 is 20.7 Å². The zero-order valence-corrected chi connectivity index (χ0v) is 28.7. The minimum Gasteiger partial charge on any atom is -0.496 e. The van der Waals surface area contributed by atoms with Crippen LogP contribution in [0.4, 0.5) is 10.8 Å². The minimum absolute atomic E-state index is 0.0400. The van der Waals surface area contributed by atoms with Gasteiger partial charge in [0.15, 0.2) is 5.13 Å². The molecule has 0 saturated carbocycles. The molecule has 47 heavy (non-hydrogen) atoms. The summed E-state index contributed by atoms with van der Waals surface area (Å²) in [4.78, 5) is 45.2. The Kier molecular flexibility index (Phi) is 11.6. The quantitative estimate of drug-likeness (QED) is 0.0879. The summed E-state index contributed by atoms with van der Waals surface area (Å²) in [5.41, 5.74) is 3.34. The second-order valence-corrected chi connectivity index (χ2v) is 13.2. The number of amides is 3. The molecule has 0 spiro atoms. The van der Waals surface area contributed by atoms with Crippen molar-refractivity contribution in [3.8, 4) is 17.0 Å². The Morgan fingerprint density at radius 2 is 1.68 bits per heavy atom. The normalized spacial score (nSPS) is 11.8. The van der Waals surface area contributed by atoms with Gasteiger partial charge in [-0.1, -0.05) is 77.5 Å². The second-order valence-electron chi connectivity index (χ2n) is 10.2. The Bertz CT molecular complexity index is 1890. The van der Waals surface area contributed by atoms with Gasteiger partial charge in [0.1, 0.15) is 11.4 Å². The molecule has 8 nitrogen and oxygen atoms in total. The zero-order valence-electron chi connectivity index (χ0n) is 25.5. The molecule has 0 aliphatic rings. The van der Waals surface area contributed by atoms with Crippen LogP contribution in [0.2, 0.25) is 0 Å². The van der Waals surface area contributed by atoms with E-state index in [0.717, 1.165) is 20.6 Å². The van der Waals surface area contributed by atoms with Crippen molar-refractivity contribution in [2.45, 2.75) is 23.5 Å². The van der Waals surface area contributed by atoms with E-state index in [1.807, 2.05) is 60.8 Å². The van der Waals surface area contributed by atoms with Crippen LogP contribution in [0.3, 0.4) is 0 Å². The fraction of sp³-hybridized carbons (Fsp3) is 0.111. The van der Waals surface area contributed by atoms with E-state index in [2.05, 4.69) is 36.9 Å². The van der Waals surface area contributed by atoms with E-state index in [1.165, 1.54) is 23.1 Å². The predicted molar refractivity (Wildman–Crippen MR) is 194 cm³/mol. The summed E-state index contributed by atoms with van der Waals surface area (Å²) >= 11 is 6.21. The molecule has 0 aliphatic carbocycles. The third kappa shape index (κ3) is 9.19. The van der Waals surface area contributed by atoms with Crippen LogP contribution in [0.25, 0.3) is 17.3 Å². The molecule has 0 aliphatic heterocycles. The van der Waals surface area contributed by atoms with Crippen molar-refractivity contribution in [3.05, 3.63) is 130 Å². The number of rotatable bonds is 12. The van der Waals surface area contributed by atoms with Gasteiger partial charge < -0.3 is 20.7 Å². The van der Waals surface area contributed by atoms with Gasteiger partial charge in [0.05, 0.1) is 18.1 Å². The minimum atomic E-state index is -0.516. The highest BCUT2D eigenvalue weighted by molar-refractivity contribution is 9.10. The first kappa shape index (κ1) is 33.6. The molecule has 3 amide bonds. The van der Waals surface area contributed by atoms with Crippen LogP contribution in [0, 0.1) is 0 Å². The number of ether oxygens (including phenoxy) is 1. The first-order valence-corrected chi connectivity index (χ1v) is 17.2. The molecule has 0 bridgehead atoms. The molecule has 4 aromatic carbocycles. The number of hydrogen-bond donors (Lipinski definition) is 3. The van der Waals surface area contributed by atoms with Gasteiger partial charge in [0, 0.05) is 37.1 Å². The highest BCUT2D eigenvalue weighted by Crippen LogP contribution is 2.31. The number of carbonyl (C=O) groups excluding carboxylic acids is 3. The lowest BCUT2D eigenvalue weighted by molar-refractivity contribution is -0.116. The summed E-state index contributed by atoms with van der Waals surface area (Å²) in [6.07, 6.45) is 2.15. The average molecular weight is 728 g/mol. The van der Waals surface area contributed by atoms with Crippen molar-refractivity contribution >= 4 is 73.6 Å². The van der Waals surface area contributed by atoms with Crippen LogP contribution in [-0.2, 0) is 9.59 Å². The monoisotopic (exact) mass is 726 g/mol. The number of anilines is 2. The van der Waals surface area contributed by atoms with Gasteiger partial charge in [0.25, 0.3) is 11.8 Å². The van der Waals surface area contributed by atoms with Gasteiger partial charge in [-0.05, 0) is 61.0 Å². The highest BCUT2D eigenvalue weighted by Gasteiger charge is 2.21. The molecule has 1 unspecified atom stereocenters. The molecule has 0 fully saturated rings. The number of thiazole rings is 1. The smallest absolute Gasteiger partial charge is 0.272 e. The van der Waals surface area contributed by atoms with Crippen molar-refractivity contribution in [2.75, 3.05) is 17.7 Å². The zero-order chi connectivity index (χ0) is 33.2.